The van der Waals surface area contributed by atoms with E-state index in [1.807, 2.05) is 63.4 Å². The number of hydrogen-bond acceptors (Lipinski definition) is 4. The van der Waals surface area contributed by atoms with Crippen LogP contribution in [-0.2, 0) is 0 Å². The van der Waals surface area contributed by atoms with Crippen molar-refractivity contribution in [3.05, 3.63) is 52.2 Å². The van der Waals surface area contributed by atoms with Crippen LogP contribution < -0.4 is 10.2 Å². The lowest BCUT2D eigenvalue weighted by atomic mass is 10.1. The molecule has 4 nitrogen and oxygen atoms in total. The van der Waals surface area contributed by atoms with E-state index < -0.39 is 0 Å². The van der Waals surface area contributed by atoms with E-state index in [0.29, 0.717) is 12.1 Å². The lowest BCUT2D eigenvalue weighted by molar-refractivity contribution is 0.0942. The molecule has 0 saturated carbocycles. The minimum absolute atomic E-state index is 0.0351. The zero-order valence-electron chi connectivity index (χ0n) is 13.5. The molecule has 1 aromatic heterocycles. The van der Waals surface area contributed by atoms with E-state index in [-0.39, 0.29) is 11.9 Å². The largest absolute Gasteiger partial charge is 0.378 e. The fraction of sp³-hybridized carbons (Fsp3) is 0.353. The zero-order chi connectivity index (χ0) is 16.1. The predicted octanol–water partition coefficient (Wildman–Crippen LogP) is 2.85. The molecule has 1 amide bonds. The van der Waals surface area contributed by atoms with Gasteiger partial charge in [0, 0.05) is 36.8 Å². The highest BCUT2D eigenvalue weighted by atomic mass is 32.1. The smallest absolute Gasteiger partial charge is 0.251 e. The van der Waals surface area contributed by atoms with Gasteiger partial charge in [0.1, 0.15) is 0 Å². The molecule has 0 radical (unpaired) electrons. The monoisotopic (exact) mass is 317 g/mol. The van der Waals surface area contributed by atoms with Crippen LogP contribution in [0.4, 0.5) is 5.69 Å². The van der Waals surface area contributed by atoms with Gasteiger partial charge in [-0.25, -0.2) is 0 Å². The molecule has 0 aliphatic carbocycles. The number of hydrogen-bond donors (Lipinski definition) is 1. The topological polar surface area (TPSA) is 35.6 Å². The number of thiophene rings is 1. The molecule has 2 rings (SSSR count). The van der Waals surface area contributed by atoms with Gasteiger partial charge in [-0.05, 0) is 43.7 Å². The number of benzene rings is 1. The second-order valence-electron chi connectivity index (χ2n) is 5.65. The van der Waals surface area contributed by atoms with Crippen molar-refractivity contribution in [3.63, 3.8) is 0 Å². The Morgan fingerprint density at radius 1 is 1.18 bits per heavy atom. The van der Waals surface area contributed by atoms with E-state index in [1.165, 1.54) is 4.88 Å². The van der Waals surface area contributed by atoms with E-state index in [1.54, 1.807) is 11.3 Å². The summed E-state index contributed by atoms with van der Waals surface area (Å²) in [7, 11) is 8.00. The number of carbonyl (C=O) groups excluding carboxylic acids is 1. The molecule has 0 unspecified atom stereocenters. The first kappa shape index (κ1) is 16.5. The molecule has 5 heteroatoms. The number of anilines is 1. The summed E-state index contributed by atoms with van der Waals surface area (Å²) in [4.78, 5) is 17.7. The van der Waals surface area contributed by atoms with Crippen LogP contribution in [0.1, 0.15) is 21.3 Å². The first-order valence-corrected chi connectivity index (χ1v) is 8.12. The molecular weight excluding hydrogens is 294 g/mol. The lowest BCUT2D eigenvalue weighted by Crippen LogP contribution is -2.34. The van der Waals surface area contributed by atoms with Crippen LogP contribution in [0.5, 0.6) is 0 Å². The Bertz CT molecular complexity index is 608. The molecule has 1 aromatic carbocycles. The Morgan fingerprint density at radius 3 is 2.55 bits per heavy atom. The van der Waals surface area contributed by atoms with Crippen molar-refractivity contribution in [3.8, 4) is 0 Å². The van der Waals surface area contributed by atoms with Crippen molar-refractivity contribution < 1.29 is 4.79 Å². The summed E-state index contributed by atoms with van der Waals surface area (Å²) in [6.07, 6.45) is 0. The molecule has 0 spiro atoms. The van der Waals surface area contributed by atoms with Crippen LogP contribution in [0.3, 0.4) is 0 Å². The van der Waals surface area contributed by atoms with Gasteiger partial charge < -0.3 is 15.1 Å². The van der Waals surface area contributed by atoms with Gasteiger partial charge in [0.25, 0.3) is 5.91 Å². The number of rotatable bonds is 6. The summed E-state index contributed by atoms with van der Waals surface area (Å²) < 4.78 is 0. The highest BCUT2D eigenvalue weighted by Gasteiger charge is 2.16. The summed E-state index contributed by atoms with van der Waals surface area (Å²) in [5.74, 6) is -0.0351. The maximum Gasteiger partial charge on any atom is 0.251 e. The number of likely N-dealkylation sites (N-methyl/N-ethyl adjacent to an activating group) is 1. The van der Waals surface area contributed by atoms with Crippen LogP contribution in [0.15, 0.2) is 41.8 Å². The van der Waals surface area contributed by atoms with Gasteiger partial charge in [-0.15, -0.1) is 11.3 Å². The third kappa shape index (κ3) is 4.08. The third-order valence-corrected chi connectivity index (χ3v) is 4.55. The summed E-state index contributed by atoms with van der Waals surface area (Å²) in [6.45, 7) is 0.596. The lowest BCUT2D eigenvalue weighted by Gasteiger charge is -2.23. The van der Waals surface area contributed by atoms with Crippen LogP contribution in [-0.4, -0.2) is 45.5 Å². The van der Waals surface area contributed by atoms with Crippen molar-refractivity contribution in [2.45, 2.75) is 6.04 Å². The number of carbonyl (C=O) groups is 1. The minimum Gasteiger partial charge on any atom is -0.378 e. The SMILES string of the molecule is CN(C)c1cccc(C(=O)NC[C@@H](c2cccs2)N(C)C)c1. The van der Waals surface area contributed by atoms with Gasteiger partial charge in [0.15, 0.2) is 0 Å². The second kappa shape index (κ2) is 7.42. The zero-order valence-corrected chi connectivity index (χ0v) is 14.4. The molecule has 2 aromatic rings. The number of nitrogens with zero attached hydrogens (tertiary/aromatic N) is 2. The van der Waals surface area contributed by atoms with Gasteiger partial charge in [0.2, 0.25) is 0 Å². The van der Waals surface area contributed by atoms with E-state index in [4.69, 9.17) is 0 Å². The third-order valence-electron chi connectivity index (χ3n) is 3.58. The van der Waals surface area contributed by atoms with E-state index in [2.05, 4.69) is 21.7 Å². The molecule has 0 aliphatic rings. The highest BCUT2D eigenvalue weighted by molar-refractivity contribution is 7.10. The Balaban J connectivity index is 2.04. The van der Waals surface area contributed by atoms with Crippen molar-refractivity contribution >= 4 is 22.9 Å². The molecular formula is C17H23N3OS. The molecule has 0 bridgehead atoms. The average molecular weight is 317 g/mol. The Hall–Kier alpha value is -1.85. The van der Waals surface area contributed by atoms with E-state index >= 15 is 0 Å². The van der Waals surface area contributed by atoms with E-state index in [9.17, 15) is 4.79 Å². The molecule has 1 atom stereocenters. The first-order valence-electron chi connectivity index (χ1n) is 7.24. The van der Waals surface area contributed by atoms with Crippen LogP contribution in [0, 0.1) is 0 Å². The number of nitrogens with one attached hydrogen (secondary N) is 1. The van der Waals surface area contributed by atoms with Gasteiger partial charge in [-0.2, -0.15) is 0 Å². The summed E-state index contributed by atoms with van der Waals surface area (Å²) in [5, 5.41) is 5.11. The van der Waals surface area contributed by atoms with Gasteiger partial charge in [0.05, 0.1) is 6.04 Å². The Morgan fingerprint density at radius 2 is 1.95 bits per heavy atom. The van der Waals surface area contributed by atoms with Crippen molar-refractivity contribution in [1.82, 2.24) is 10.2 Å². The second-order valence-corrected chi connectivity index (χ2v) is 6.63. The quantitative estimate of drug-likeness (QED) is 0.890. The molecule has 0 saturated heterocycles. The molecule has 1 N–H and O–H groups in total. The molecule has 0 aliphatic heterocycles. The summed E-state index contributed by atoms with van der Waals surface area (Å²) in [6, 6.07) is 12.0. The van der Waals surface area contributed by atoms with Crippen molar-refractivity contribution in [1.29, 1.82) is 0 Å². The van der Waals surface area contributed by atoms with Gasteiger partial charge >= 0.3 is 0 Å². The van der Waals surface area contributed by atoms with Crippen LogP contribution in [0.2, 0.25) is 0 Å². The fourth-order valence-corrected chi connectivity index (χ4v) is 3.16. The molecule has 0 fully saturated rings. The van der Waals surface area contributed by atoms with Gasteiger partial charge in [-0.1, -0.05) is 12.1 Å². The number of amides is 1. The van der Waals surface area contributed by atoms with Crippen molar-refractivity contribution in [2.24, 2.45) is 0 Å². The fourth-order valence-electron chi connectivity index (χ4n) is 2.24. The standard InChI is InChI=1S/C17H23N3OS/c1-19(2)14-8-5-7-13(11-14)17(21)18-12-15(20(3)4)16-9-6-10-22-16/h5-11,15H,12H2,1-4H3,(H,18,21)/t15-/m0/s1. The van der Waals surface area contributed by atoms with Crippen LogP contribution >= 0.6 is 11.3 Å². The normalized spacial score (nSPS) is 12.2. The Kier molecular flexibility index (Phi) is 5.57. The van der Waals surface area contributed by atoms with Crippen LogP contribution in [0.25, 0.3) is 0 Å². The average Bonchev–Trinajstić information content (AvgIpc) is 3.01. The molecule has 118 valence electrons. The van der Waals surface area contributed by atoms with Gasteiger partial charge in [-0.3, -0.25) is 4.79 Å². The van der Waals surface area contributed by atoms with E-state index in [0.717, 1.165) is 5.69 Å². The summed E-state index contributed by atoms with van der Waals surface area (Å²) >= 11 is 1.71. The maximum absolute atomic E-state index is 12.4. The maximum atomic E-state index is 12.4. The first-order chi connectivity index (χ1) is 10.5. The molecule has 22 heavy (non-hydrogen) atoms. The Labute approximate surface area is 136 Å². The predicted molar refractivity (Wildman–Crippen MR) is 93.8 cm³/mol. The summed E-state index contributed by atoms with van der Waals surface area (Å²) in [5.41, 5.74) is 1.71. The highest BCUT2D eigenvalue weighted by Crippen LogP contribution is 2.22. The van der Waals surface area contributed by atoms with Crippen molar-refractivity contribution in [2.75, 3.05) is 39.6 Å². The molecule has 1 heterocycles. The minimum atomic E-state index is -0.0351.